The van der Waals surface area contributed by atoms with Gasteiger partial charge in [-0.1, -0.05) is 6.92 Å². The van der Waals surface area contributed by atoms with E-state index in [1.165, 1.54) is 38.9 Å². The maximum absolute atomic E-state index is 11.9. The largest absolute Gasteiger partial charge is 0.343 e. The Kier molecular flexibility index (Phi) is 8.07. The van der Waals surface area contributed by atoms with Crippen LogP contribution in [-0.4, -0.2) is 61.0 Å². The normalized spacial score (nSPS) is 17.6. The summed E-state index contributed by atoms with van der Waals surface area (Å²) in [5.41, 5.74) is 0. The molecular weight excluding hydrogens is 238 g/mol. The van der Waals surface area contributed by atoms with Crippen molar-refractivity contribution in [2.75, 3.05) is 39.3 Å². The Balaban J connectivity index is 2.12. The van der Waals surface area contributed by atoms with Crippen molar-refractivity contribution >= 4 is 5.91 Å². The summed E-state index contributed by atoms with van der Waals surface area (Å²) in [5, 5.41) is 3.54. The van der Waals surface area contributed by atoms with Gasteiger partial charge >= 0.3 is 0 Å². The molecule has 1 aliphatic rings. The number of hydrogen-bond acceptors (Lipinski definition) is 3. The Hall–Kier alpha value is -0.610. The van der Waals surface area contributed by atoms with Gasteiger partial charge in [-0.05, 0) is 52.7 Å². The summed E-state index contributed by atoms with van der Waals surface area (Å²) in [4.78, 5) is 16.3. The van der Waals surface area contributed by atoms with E-state index < -0.39 is 0 Å². The van der Waals surface area contributed by atoms with E-state index in [9.17, 15) is 4.79 Å². The third-order valence-corrected chi connectivity index (χ3v) is 4.02. The fourth-order valence-corrected chi connectivity index (χ4v) is 2.79. The molecule has 1 heterocycles. The molecule has 4 nitrogen and oxygen atoms in total. The van der Waals surface area contributed by atoms with E-state index in [-0.39, 0.29) is 5.91 Å². The fraction of sp³-hybridized carbons (Fsp3) is 0.933. The zero-order valence-corrected chi connectivity index (χ0v) is 13.0. The third-order valence-electron chi connectivity index (χ3n) is 4.02. The summed E-state index contributed by atoms with van der Waals surface area (Å²) < 4.78 is 0. The minimum atomic E-state index is 0.279. The molecule has 0 atom stereocenters. The minimum absolute atomic E-state index is 0.279. The van der Waals surface area contributed by atoms with Gasteiger partial charge in [-0.2, -0.15) is 0 Å². The van der Waals surface area contributed by atoms with Crippen molar-refractivity contribution in [3.63, 3.8) is 0 Å². The lowest BCUT2D eigenvalue weighted by Crippen LogP contribution is -2.43. The van der Waals surface area contributed by atoms with E-state index >= 15 is 0 Å². The minimum Gasteiger partial charge on any atom is -0.343 e. The van der Waals surface area contributed by atoms with Crippen molar-refractivity contribution in [1.82, 2.24) is 15.1 Å². The maximum Gasteiger partial charge on any atom is 0.223 e. The number of rotatable bonds is 8. The smallest absolute Gasteiger partial charge is 0.223 e. The van der Waals surface area contributed by atoms with Crippen LogP contribution in [0.5, 0.6) is 0 Å². The molecule has 0 aromatic rings. The first-order chi connectivity index (χ1) is 9.21. The first kappa shape index (κ1) is 16.4. The number of nitrogens with zero attached hydrogens (tertiary/aromatic N) is 2. The van der Waals surface area contributed by atoms with Crippen molar-refractivity contribution in [2.24, 2.45) is 0 Å². The zero-order valence-electron chi connectivity index (χ0n) is 13.0. The highest BCUT2D eigenvalue weighted by atomic mass is 16.2. The van der Waals surface area contributed by atoms with E-state index in [0.29, 0.717) is 12.5 Å². The lowest BCUT2D eigenvalue weighted by atomic mass is 10.0. The van der Waals surface area contributed by atoms with Crippen LogP contribution in [0, 0.1) is 0 Å². The van der Waals surface area contributed by atoms with Crippen LogP contribution in [0.4, 0.5) is 0 Å². The maximum atomic E-state index is 11.9. The molecular formula is C15H31N3O. The number of likely N-dealkylation sites (tertiary alicyclic amines) is 1. The van der Waals surface area contributed by atoms with Crippen molar-refractivity contribution < 1.29 is 4.79 Å². The number of carbonyl (C=O) groups excluding carboxylic acids is 1. The molecule has 1 fully saturated rings. The van der Waals surface area contributed by atoms with Gasteiger partial charge < -0.3 is 15.1 Å². The molecule has 0 radical (unpaired) electrons. The van der Waals surface area contributed by atoms with Crippen LogP contribution in [-0.2, 0) is 4.79 Å². The van der Waals surface area contributed by atoms with Gasteiger partial charge in [-0.3, -0.25) is 4.79 Å². The van der Waals surface area contributed by atoms with E-state index in [2.05, 4.69) is 17.1 Å². The molecule has 0 aromatic heterocycles. The molecule has 0 bridgehead atoms. The van der Waals surface area contributed by atoms with Crippen molar-refractivity contribution in [3.8, 4) is 0 Å². The van der Waals surface area contributed by atoms with Gasteiger partial charge in [-0.15, -0.1) is 0 Å². The van der Waals surface area contributed by atoms with E-state index in [1.54, 1.807) is 0 Å². The van der Waals surface area contributed by atoms with Crippen LogP contribution >= 0.6 is 0 Å². The Bertz CT molecular complexity index is 246. The van der Waals surface area contributed by atoms with Crippen LogP contribution in [0.3, 0.4) is 0 Å². The van der Waals surface area contributed by atoms with E-state index in [0.717, 1.165) is 19.6 Å². The van der Waals surface area contributed by atoms with Gasteiger partial charge in [0.2, 0.25) is 5.91 Å². The molecule has 1 amide bonds. The average Bonchev–Trinajstić information content (AvgIpc) is 2.42. The van der Waals surface area contributed by atoms with Crippen LogP contribution in [0.15, 0.2) is 0 Å². The summed E-state index contributed by atoms with van der Waals surface area (Å²) in [6.45, 7) is 12.4. The molecule has 1 N–H and O–H groups in total. The first-order valence-corrected chi connectivity index (χ1v) is 7.94. The Morgan fingerprint density at radius 2 is 1.84 bits per heavy atom. The average molecular weight is 269 g/mol. The van der Waals surface area contributed by atoms with E-state index in [4.69, 9.17) is 0 Å². The second-order valence-corrected chi connectivity index (χ2v) is 5.39. The standard InChI is InChI=1S/C15H31N3O/c1-4-11-17-12-8-14(9-13-17)16-10-7-15(19)18(5-2)6-3/h14,16H,4-13H2,1-3H3. The molecule has 1 aliphatic heterocycles. The summed E-state index contributed by atoms with van der Waals surface area (Å²) >= 11 is 0. The Morgan fingerprint density at radius 1 is 1.21 bits per heavy atom. The van der Waals surface area contributed by atoms with Crippen molar-refractivity contribution in [2.45, 2.75) is 52.5 Å². The Morgan fingerprint density at radius 3 is 2.37 bits per heavy atom. The number of carbonyl (C=O) groups is 1. The number of nitrogens with one attached hydrogen (secondary N) is 1. The molecule has 0 aliphatic carbocycles. The molecule has 0 saturated carbocycles. The topological polar surface area (TPSA) is 35.6 Å². The molecule has 1 rings (SSSR count). The van der Waals surface area contributed by atoms with Gasteiger partial charge in [0, 0.05) is 32.1 Å². The molecule has 112 valence electrons. The van der Waals surface area contributed by atoms with Crippen molar-refractivity contribution in [1.29, 1.82) is 0 Å². The second-order valence-electron chi connectivity index (χ2n) is 5.39. The number of hydrogen-bond donors (Lipinski definition) is 1. The molecule has 4 heteroatoms. The number of amides is 1. The highest BCUT2D eigenvalue weighted by Gasteiger charge is 2.18. The highest BCUT2D eigenvalue weighted by Crippen LogP contribution is 2.10. The van der Waals surface area contributed by atoms with Gasteiger partial charge in [0.15, 0.2) is 0 Å². The molecule has 0 spiro atoms. The van der Waals surface area contributed by atoms with Gasteiger partial charge in [-0.25, -0.2) is 0 Å². The molecule has 19 heavy (non-hydrogen) atoms. The second kappa shape index (κ2) is 9.32. The summed E-state index contributed by atoms with van der Waals surface area (Å²) in [6, 6.07) is 0.609. The van der Waals surface area contributed by atoms with Crippen molar-refractivity contribution in [3.05, 3.63) is 0 Å². The lowest BCUT2D eigenvalue weighted by Gasteiger charge is -2.32. The van der Waals surface area contributed by atoms with Gasteiger partial charge in [0.05, 0.1) is 0 Å². The predicted molar refractivity (Wildman–Crippen MR) is 80.3 cm³/mol. The van der Waals surface area contributed by atoms with Crippen LogP contribution in [0.1, 0.15) is 46.5 Å². The monoisotopic (exact) mass is 269 g/mol. The Labute approximate surface area is 118 Å². The number of piperidine rings is 1. The van der Waals surface area contributed by atoms with Gasteiger partial charge in [0.1, 0.15) is 0 Å². The van der Waals surface area contributed by atoms with Crippen LogP contribution in [0.2, 0.25) is 0 Å². The molecule has 0 aromatic carbocycles. The first-order valence-electron chi connectivity index (χ1n) is 7.94. The third kappa shape index (κ3) is 5.91. The summed E-state index contributed by atoms with van der Waals surface area (Å²) in [5.74, 6) is 0.279. The molecule has 1 saturated heterocycles. The highest BCUT2D eigenvalue weighted by molar-refractivity contribution is 5.76. The zero-order chi connectivity index (χ0) is 14.1. The molecule has 0 unspecified atom stereocenters. The summed E-state index contributed by atoms with van der Waals surface area (Å²) in [6.07, 6.45) is 4.33. The van der Waals surface area contributed by atoms with Gasteiger partial charge in [0.25, 0.3) is 0 Å². The fourth-order valence-electron chi connectivity index (χ4n) is 2.79. The summed E-state index contributed by atoms with van der Waals surface area (Å²) in [7, 11) is 0. The predicted octanol–water partition coefficient (Wildman–Crippen LogP) is 1.71. The van der Waals surface area contributed by atoms with Crippen LogP contribution in [0.25, 0.3) is 0 Å². The van der Waals surface area contributed by atoms with Crippen LogP contribution < -0.4 is 5.32 Å². The SMILES string of the molecule is CCCN1CCC(NCCC(=O)N(CC)CC)CC1. The lowest BCUT2D eigenvalue weighted by molar-refractivity contribution is -0.130. The quantitative estimate of drug-likeness (QED) is 0.728. The van der Waals surface area contributed by atoms with E-state index in [1.807, 2.05) is 18.7 Å².